The van der Waals surface area contributed by atoms with E-state index in [1.807, 2.05) is 53.9 Å². The first kappa shape index (κ1) is 26.1. The minimum atomic E-state index is -0.185. The van der Waals surface area contributed by atoms with Crippen molar-refractivity contribution in [2.45, 2.75) is 6.42 Å². The SMILES string of the molecule is COc1cc(C=Nn2c(-c3ccc4c(c3)NC(=O)CO4)csc2=NCCc2ccccc2)cc(OC)c1OC. The number of aromatic nitrogens is 1. The van der Waals surface area contributed by atoms with Crippen LogP contribution in [-0.4, -0.2) is 51.3 Å². The molecule has 0 unspecified atom stereocenters. The highest BCUT2D eigenvalue weighted by atomic mass is 32.1. The molecule has 5 rings (SSSR count). The summed E-state index contributed by atoms with van der Waals surface area (Å²) in [6.07, 6.45) is 2.53. The van der Waals surface area contributed by atoms with E-state index in [1.54, 1.807) is 32.2 Å². The van der Waals surface area contributed by atoms with E-state index in [2.05, 4.69) is 17.4 Å². The van der Waals surface area contributed by atoms with E-state index in [-0.39, 0.29) is 12.5 Å². The van der Waals surface area contributed by atoms with Crippen LogP contribution >= 0.6 is 11.3 Å². The van der Waals surface area contributed by atoms with E-state index in [4.69, 9.17) is 29.0 Å². The van der Waals surface area contributed by atoms with E-state index < -0.39 is 0 Å². The van der Waals surface area contributed by atoms with E-state index in [0.29, 0.717) is 35.2 Å². The molecule has 0 atom stereocenters. The van der Waals surface area contributed by atoms with Gasteiger partial charge in [0, 0.05) is 23.1 Å². The fourth-order valence-electron chi connectivity index (χ4n) is 4.19. The zero-order valence-electron chi connectivity index (χ0n) is 21.8. The number of carbonyl (C=O) groups excluding carboxylic acids is 1. The number of thiazole rings is 1. The molecule has 0 aliphatic carbocycles. The van der Waals surface area contributed by atoms with E-state index in [9.17, 15) is 4.79 Å². The van der Waals surface area contributed by atoms with Crippen LogP contribution in [0.3, 0.4) is 0 Å². The number of nitrogens with zero attached hydrogens (tertiary/aromatic N) is 3. The largest absolute Gasteiger partial charge is 0.493 e. The molecule has 200 valence electrons. The first-order valence-electron chi connectivity index (χ1n) is 12.3. The molecule has 0 radical (unpaired) electrons. The molecule has 1 N–H and O–H groups in total. The van der Waals surface area contributed by atoms with Gasteiger partial charge in [0.05, 0.1) is 38.9 Å². The third kappa shape index (κ3) is 5.80. The van der Waals surface area contributed by atoms with Gasteiger partial charge in [0.2, 0.25) is 10.6 Å². The second-order valence-electron chi connectivity index (χ2n) is 8.58. The highest BCUT2D eigenvalue weighted by molar-refractivity contribution is 7.07. The number of ether oxygens (including phenoxy) is 4. The van der Waals surface area contributed by atoms with Gasteiger partial charge in [-0.2, -0.15) is 5.10 Å². The van der Waals surface area contributed by atoms with Crippen LogP contribution in [0.1, 0.15) is 11.1 Å². The molecule has 0 saturated heterocycles. The number of hydrogen-bond donors (Lipinski definition) is 1. The van der Waals surface area contributed by atoms with Gasteiger partial charge in [0.25, 0.3) is 5.91 Å². The molecular weight excluding hydrogens is 516 g/mol. The summed E-state index contributed by atoms with van der Waals surface area (Å²) in [4.78, 5) is 17.5. The van der Waals surface area contributed by atoms with Crippen molar-refractivity contribution in [1.29, 1.82) is 0 Å². The van der Waals surface area contributed by atoms with Crippen molar-refractivity contribution in [1.82, 2.24) is 4.68 Å². The Morgan fingerprint density at radius 2 is 1.79 bits per heavy atom. The summed E-state index contributed by atoms with van der Waals surface area (Å²) in [6.45, 7) is 0.617. The van der Waals surface area contributed by atoms with Crippen molar-refractivity contribution in [3.05, 3.63) is 82.0 Å². The van der Waals surface area contributed by atoms with Crippen LogP contribution in [0.2, 0.25) is 0 Å². The topological polar surface area (TPSA) is 95.7 Å². The van der Waals surface area contributed by atoms with Crippen molar-refractivity contribution in [2.24, 2.45) is 10.1 Å². The molecule has 0 saturated carbocycles. The Morgan fingerprint density at radius 1 is 1.03 bits per heavy atom. The summed E-state index contributed by atoms with van der Waals surface area (Å²) in [6, 6.07) is 19.6. The van der Waals surface area contributed by atoms with Crippen molar-refractivity contribution in [3.63, 3.8) is 0 Å². The number of rotatable bonds is 9. The standard InChI is InChI=1S/C29H28N4O5S/c1-35-25-13-20(14-26(36-2)28(25)37-3)16-31-33-23(21-9-10-24-22(15-21)32-27(34)17-38-24)18-39-29(33)30-12-11-19-7-5-4-6-8-19/h4-10,13-16,18H,11-12,17H2,1-3H3,(H,32,34). The molecule has 4 aromatic rings. The number of methoxy groups -OCH3 is 3. The molecule has 2 heterocycles. The third-order valence-electron chi connectivity index (χ3n) is 6.09. The Bertz CT molecular complexity index is 1550. The fraction of sp³-hybridized carbons (Fsp3) is 0.207. The second-order valence-corrected chi connectivity index (χ2v) is 9.42. The predicted octanol–water partition coefficient (Wildman–Crippen LogP) is 4.60. The summed E-state index contributed by atoms with van der Waals surface area (Å²) in [7, 11) is 4.72. The lowest BCUT2D eigenvalue weighted by atomic mass is 10.1. The highest BCUT2D eigenvalue weighted by Crippen LogP contribution is 2.38. The van der Waals surface area contributed by atoms with Gasteiger partial charge in [-0.15, -0.1) is 11.3 Å². The van der Waals surface area contributed by atoms with Crippen LogP contribution in [-0.2, 0) is 11.2 Å². The number of nitrogens with one attached hydrogen (secondary N) is 1. The summed E-state index contributed by atoms with van der Waals surface area (Å²) in [5, 5.41) is 9.68. The smallest absolute Gasteiger partial charge is 0.262 e. The Kier molecular flexibility index (Phi) is 7.93. The summed E-state index contributed by atoms with van der Waals surface area (Å²) < 4.78 is 23.8. The number of carbonyl (C=O) groups is 1. The maximum absolute atomic E-state index is 11.9. The molecule has 1 amide bonds. The molecule has 9 nitrogen and oxygen atoms in total. The monoisotopic (exact) mass is 544 g/mol. The number of hydrogen-bond acceptors (Lipinski definition) is 8. The quantitative estimate of drug-likeness (QED) is 0.311. The molecule has 0 fully saturated rings. The Labute approximate surface area is 230 Å². The molecule has 39 heavy (non-hydrogen) atoms. The van der Waals surface area contributed by atoms with Crippen LogP contribution < -0.4 is 29.1 Å². The second kappa shape index (κ2) is 11.9. The van der Waals surface area contributed by atoms with Gasteiger partial charge in [-0.25, -0.2) is 4.68 Å². The van der Waals surface area contributed by atoms with Gasteiger partial charge in [-0.1, -0.05) is 30.3 Å². The maximum atomic E-state index is 11.9. The fourth-order valence-corrected chi connectivity index (χ4v) is 5.05. The Hall–Kier alpha value is -4.57. The molecule has 1 aliphatic rings. The number of fused-ring (bicyclic) bond motifs is 1. The normalized spacial score (nSPS) is 13.1. The Balaban J connectivity index is 1.54. The van der Waals surface area contributed by atoms with Crippen molar-refractivity contribution in [3.8, 4) is 34.3 Å². The maximum Gasteiger partial charge on any atom is 0.262 e. The highest BCUT2D eigenvalue weighted by Gasteiger charge is 2.18. The molecular formula is C29H28N4O5S. The lowest BCUT2D eigenvalue weighted by molar-refractivity contribution is -0.118. The minimum Gasteiger partial charge on any atom is -0.493 e. The average molecular weight is 545 g/mol. The van der Waals surface area contributed by atoms with E-state index >= 15 is 0 Å². The van der Waals surface area contributed by atoms with Crippen LogP contribution in [0, 0.1) is 0 Å². The summed E-state index contributed by atoms with van der Waals surface area (Å²) in [5.41, 5.74) is 4.29. The van der Waals surface area contributed by atoms with Crippen LogP contribution in [0.15, 0.2) is 76.1 Å². The van der Waals surface area contributed by atoms with Gasteiger partial charge in [-0.3, -0.25) is 9.79 Å². The van der Waals surface area contributed by atoms with Crippen LogP contribution in [0.4, 0.5) is 5.69 Å². The molecule has 0 bridgehead atoms. The van der Waals surface area contributed by atoms with Gasteiger partial charge < -0.3 is 24.3 Å². The predicted molar refractivity (Wildman–Crippen MR) is 152 cm³/mol. The molecule has 3 aromatic carbocycles. The van der Waals surface area contributed by atoms with Gasteiger partial charge in [0.1, 0.15) is 5.75 Å². The minimum absolute atomic E-state index is 0.00825. The van der Waals surface area contributed by atoms with Gasteiger partial charge in [-0.05, 0) is 42.3 Å². The first-order valence-corrected chi connectivity index (χ1v) is 13.1. The van der Waals surface area contributed by atoms with Crippen LogP contribution in [0.25, 0.3) is 11.3 Å². The van der Waals surface area contributed by atoms with E-state index in [0.717, 1.165) is 28.0 Å². The molecule has 10 heteroatoms. The number of benzene rings is 3. The van der Waals surface area contributed by atoms with Crippen molar-refractivity contribution >= 4 is 29.1 Å². The zero-order valence-corrected chi connectivity index (χ0v) is 22.7. The number of anilines is 1. The third-order valence-corrected chi connectivity index (χ3v) is 6.95. The number of amides is 1. The first-order chi connectivity index (χ1) is 19.1. The lowest BCUT2D eigenvalue weighted by Gasteiger charge is -2.18. The van der Waals surface area contributed by atoms with Crippen LogP contribution in [0.5, 0.6) is 23.0 Å². The molecule has 0 spiro atoms. The lowest BCUT2D eigenvalue weighted by Crippen LogP contribution is -2.25. The van der Waals surface area contributed by atoms with Gasteiger partial charge in [0.15, 0.2) is 18.1 Å². The van der Waals surface area contributed by atoms with E-state index in [1.165, 1.54) is 16.9 Å². The van der Waals surface area contributed by atoms with Crippen molar-refractivity contribution < 1.29 is 23.7 Å². The summed E-state index contributed by atoms with van der Waals surface area (Å²) in [5.74, 6) is 2.03. The average Bonchev–Trinajstić information content (AvgIpc) is 3.38. The molecule has 1 aromatic heterocycles. The zero-order chi connectivity index (χ0) is 27.2. The molecule has 1 aliphatic heterocycles. The van der Waals surface area contributed by atoms with Gasteiger partial charge >= 0.3 is 0 Å². The Morgan fingerprint density at radius 3 is 2.51 bits per heavy atom. The van der Waals surface area contributed by atoms with Crippen molar-refractivity contribution in [2.75, 3.05) is 39.8 Å². The summed E-state index contributed by atoms with van der Waals surface area (Å²) >= 11 is 1.50.